The smallest absolute Gasteiger partial charge is 0.254 e. The summed E-state index contributed by atoms with van der Waals surface area (Å²) in [6, 6.07) is 20.0. The molecule has 1 aliphatic heterocycles. The maximum absolute atomic E-state index is 13.4. The summed E-state index contributed by atoms with van der Waals surface area (Å²) in [6.07, 6.45) is 2.08. The van der Waals surface area contributed by atoms with Gasteiger partial charge in [-0.05, 0) is 42.5 Å². The lowest BCUT2D eigenvalue weighted by atomic mass is 9.96. The highest BCUT2D eigenvalue weighted by Gasteiger charge is 2.28. The molecule has 1 aliphatic rings. The van der Waals surface area contributed by atoms with Gasteiger partial charge >= 0.3 is 0 Å². The second-order valence-electron chi connectivity index (χ2n) is 7.47. The number of thiazole rings is 1. The van der Waals surface area contributed by atoms with Crippen LogP contribution in [0.15, 0.2) is 60.7 Å². The minimum absolute atomic E-state index is 0.0923. The van der Waals surface area contributed by atoms with Gasteiger partial charge in [-0.15, -0.1) is 11.3 Å². The van der Waals surface area contributed by atoms with Gasteiger partial charge < -0.3 is 9.64 Å². The number of likely N-dealkylation sites (tertiary alicyclic amines) is 1. The monoisotopic (exact) mass is 402 g/mol. The molecule has 0 radical (unpaired) electrons. The molecule has 0 aliphatic carbocycles. The lowest BCUT2D eigenvalue weighted by Crippen LogP contribution is -2.39. The number of piperidine rings is 1. The first-order valence-electron chi connectivity index (χ1n) is 9.95. The average Bonchev–Trinajstić information content (AvgIpc) is 3.22. The van der Waals surface area contributed by atoms with Crippen molar-refractivity contribution < 1.29 is 9.53 Å². The molecule has 0 spiro atoms. The number of benzene rings is 3. The topological polar surface area (TPSA) is 42.4 Å². The van der Waals surface area contributed by atoms with Crippen molar-refractivity contribution in [3.8, 4) is 5.75 Å². The second kappa shape index (κ2) is 7.48. The van der Waals surface area contributed by atoms with Crippen LogP contribution in [0.2, 0.25) is 0 Å². The van der Waals surface area contributed by atoms with Gasteiger partial charge in [0, 0.05) is 30.0 Å². The molecule has 4 nitrogen and oxygen atoms in total. The Balaban J connectivity index is 1.45. The Morgan fingerprint density at radius 3 is 2.69 bits per heavy atom. The van der Waals surface area contributed by atoms with E-state index in [0.717, 1.165) is 58.5 Å². The molecule has 146 valence electrons. The number of carbonyl (C=O) groups excluding carboxylic acids is 1. The number of ether oxygens (including phenoxy) is 1. The highest BCUT2D eigenvalue weighted by atomic mass is 32.1. The Bertz CT molecular complexity index is 1170. The van der Waals surface area contributed by atoms with E-state index >= 15 is 0 Å². The number of hydrogen-bond donors (Lipinski definition) is 0. The first kappa shape index (κ1) is 18.1. The number of rotatable bonds is 3. The van der Waals surface area contributed by atoms with Crippen LogP contribution in [0.5, 0.6) is 5.75 Å². The van der Waals surface area contributed by atoms with Crippen LogP contribution in [0.1, 0.15) is 34.1 Å². The van der Waals surface area contributed by atoms with Crippen LogP contribution >= 0.6 is 11.3 Å². The fourth-order valence-corrected chi connectivity index (χ4v) is 5.33. The third-order valence-corrected chi connectivity index (χ3v) is 6.90. The van der Waals surface area contributed by atoms with Crippen LogP contribution in [-0.4, -0.2) is 36.0 Å². The first-order valence-corrected chi connectivity index (χ1v) is 10.8. The summed E-state index contributed by atoms with van der Waals surface area (Å²) in [5, 5.41) is 3.06. The zero-order valence-corrected chi connectivity index (χ0v) is 17.1. The lowest BCUT2D eigenvalue weighted by molar-refractivity contribution is 0.0709. The van der Waals surface area contributed by atoms with Crippen molar-refractivity contribution >= 4 is 38.2 Å². The Morgan fingerprint density at radius 2 is 1.86 bits per heavy atom. The minimum atomic E-state index is 0.0923. The molecule has 0 bridgehead atoms. The summed E-state index contributed by atoms with van der Waals surface area (Å²) < 4.78 is 6.69. The SMILES string of the molecule is COc1ccc(C(=O)N2CCC[C@@H](c3nc4ccccc4s3)C2)c2ccccc12. The number of aromatic nitrogens is 1. The standard InChI is InChI=1S/C24H22N2O2S/c1-28-21-13-12-19(17-8-2-3-9-18(17)21)24(27)26-14-6-7-16(15-26)23-25-20-10-4-5-11-22(20)29-23/h2-5,8-13,16H,6-7,14-15H2,1H3/t16-/m1/s1. The summed E-state index contributed by atoms with van der Waals surface area (Å²) in [5.41, 5.74) is 1.79. The van der Waals surface area contributed by atoms with Crippen molar-refractivity contribution in [3.63, 3.8) is 0 Å². The van der Waals surface area contributed by atoms with E-state index in [1.807, 2.05) is 47.4 Å². The van der Waals surface area contributed by atoms with Gasteiger partial charge in [0.2, 0.25) is 0 Å². The van der Waals surface area contributed by atoms with Gasteiger partial charge in [-0.1, -0.05) is 36.4 Å². The molecule has 0 unspecified atom stereocenters. The predicted molar refractivity (Wildman–Crippen MR) is 118 cm³/mol. The lowest BCUT2D eigenvalue weighted by Gasteiger charge is -2.32. The number of hydrogen-bond acceptors (Lipinski definition) is 4. The van der Waals surface area contributed by atoms with Gasteiger partial charge in [-0.25, -0.2) is 4.98 Å². The van der Waals surface area contributed by atoms with Crippen LogP contribution in [-0.2, 0) is 0 Å². The molecular weight excluding hydrogens is 380 g/mol. The largest absolute Gasteiger partial charge is 0.496 e. The Hall–Kier alpha value is -2.92. The number of para-hydroxylation sites is 1. The van der Waals surface area contributed by atoms with Crippen molar-refractivity contribution in [1.29, 1.82) is 0 Å². The van der Waals surface area contributed by atoms with Crippen LogP contribution in [0.25, 0.3) is 21.0 Å². The summed E-state index contributed by atoms with van der Waals surface area (Å²) in [4.78, 5) is 20.3. The van der Waals surface area contributed by atoms with Crippen molar-refractivity contribution in [2.24, 2.45) is 0 Å². The summed E-state index contributed by atoms with van der Waals surface area (Å²) in [7, 11) is 1.66. The maximum Gasteiger partial charge on any atom is 0.254 e. The summed E-state index contributed by atoms with van der Waals surface area (Å²) in [6.45, 7) is 1.51. The van der Waals surface area contributed by atoms with Crippen molar-refractivity contribution in [3.05, 3.63) is 71.2 Å². The molecule has 0 saturated carbocycles. The minimum Gasteiger partial charge on any atom is -0.496 e. The summed E-state index contributed by atoms with van der Waals surface area (Å²) >= 11 is 1.76. The molecule has 29 heavy (non-hydrogen) atoms. The normalized spacial score (nSPS) is 17.0. The third-order valence-electron chi connectivity index (χ3n) is 5.70. The van der Waals surface area contributed by atoms with Crippen LogP contribution in [0, 0.1) is 0 Å². The van der Waals surface area contributed by atoms with E-state index in [9.17, 15) is 4.79 Å². The van der Waals surface area contributed by atoms with Crippen molar-refractivity contribution in [2.45, 2.75) is 18.8 Å². The van der Waals surface area contributed by atoms with Gasteiger partial charge in [-0.3, -0.25) is 4.79 Å². The van der Waals surface area contributed by atoms with E-state index in [2.05, 4.69) is 18.2 Å². The number of amides is 1. The molecule has 5 rings (SSSR count). The predicted octanol–water partition coefficient (Wildman–Crippen LogP) is 5.48. The Kier molecular flexibility index (Phi) is 4.68. The molecule has 1 amide bonds. The average molecular weight is 403 g/mol. The number of nitrogens with zero attached hydrogens (tertiary/aromatic N) is 2. The molecule has 4 aromatic rings. The zero-order chi connectivity index (χ0) is 19.8. The van der Waals surface area contributed by atoms with E-state index in [1.165, 1.54) is 4.70 Å². The highest BCUT2D eigenvalue weighted by molar-refractivity contribution is 7.18. The van der Waals surface area contributed by atoms with E-state index < -0.39 is 0 Å². The van der Waals surface area contributed by atoms with Crippen molar-refractivity contribution in [2.75, 3.05) is 20.2 Å². The molecule has 1 atom stereocenters. The van der Waals surface area contributed by atoms with E-state index in [4.69, 9.17) is 9.72 Å². The quantitative estimate of drug-likeness (QED) is 0.456. The maximum atomic E-state index is 13.4. The van der Waals surface area contributed by atoms with Gasteiger partial charge in [0.1, 0.15) is 5.75 Å². The van der Waals surface area contributed by atoms with Crippen molar-refractivity contribution in [1.82, 2.24) is 9.88 Å². The Morgan fingerprint density at radius 1 is 1.07 bits per heavy atom. The zero-order valence-electron chi connectivity index (χ0n) is 16.3. The number of methoxy groups -OCH3 is 1. The van der Waals surface area contributed by atoms with E-state index in [-0.39, 0.29) is 5.91 Å². The first-order chi connectivity index (χ1) is 14.2. The Labute approximate surface area is 173 Å². The fourth-order valence-electron chi connectivity index (χ4n) is 4.23. The molecule has 3 aromatic carbocycles. The second-order valence-corrected chi connectivity index (χ2v) is 8.53. The fraction of sp³-hybridized carbons (Fsp3) is 0.250. The van der Waals surface area contributed by atoms with E-state index in [1.54, 1.807) is 18.4 Å². The molecular formula is C24H22N2O2S. The molecule has 0 N–H and O–H groups in total. The molecule has 1 fully saturated rings. The third kappa shape index (κ3) is 3.25. The van der Waals surface area contributed by atoms with Gasteiger partial charge in [0.25, 0.3) is 5.91 Å². The van der Waals surface area contributed by atoms with Gasteiger partial charge in [0.15, 0.2) is 0 Å². The van der Waals surface area contributed by atoms with Crippen LogP contribution in [0.4, 0.5) is 0 Å². The van der Waals surface area contributed by atoms with E-state index in [0.29, 0.717) is 5.92 Å². The molecule has 5 heteroatoms. The molecule has 1 aromatic heterocycles. The molecule has 2 heterocycles. The summed E-state index contributed by atoms with van der Waals surface area (Å²) in [5.74, 6) is 1.19. The van der Waals surface area contributed by atoms with Gasteiger partial charge in [0.05, 0.1) is 22.3 Å². The van der Waals surface area contributed by atoms with Gasteiger partial charge in [-0.2, -0.15) is 0 Å². The van der Waals surface area contributed by atoms with Crippen LogP contribution < -0.4 is 4.74 Å². The van der Waals surface area contributed by atoms with Crippen LogP contribution in [0.3, 0.4) is 0 Å². The number of fused-ring (bicyclic) bond motifs is 2. The highest BCUT2D eigenvalue weighted by Crippen LogP contribution is 2.34. The molecule has 1 saturated heterocycles. The number of carbonyl (C=O) groups is 1.